The number of hydrogen-bond acceptors (Lipinski definition) is 1. The van der Waals surface area contributed by atoms with E-state index in [1.165, 1.54) is 25.3 Å². The standard InChI is InChI=1S/C14H21BrFN/c1-3-5-6-11(4-2)10-17-14-9-12(15)7-8-13(14)16/h7-9,11,17H,3-6,10H2,1-2H3. The molecule has 1 nitrogen and oxygen atoms in total. The molecule has 1 aromatic rings. The Balaban J connectivity index is 2.50. The van der Waals surface area contributed by atoms with Gasteiger partial charge in [0.1, 0.15) is 5.82 Å². The summed E-state index contributed by atoms with van der Waals surface area (Å²) in [4.78, 5) is 0. The lowest BCUT2D eigenvalue weighted by molar-refractivity contribution is 0.471. The quantitative estimate of drug-likeness (QED) is 0.728. The zero-order valence-electron chi connectivity index (χ0n) is 10.6. The summed E-state index contributed by atoms with van der Waals surface area (Å²) in [5.74, 6) is 0.451. The van der Waals surface area contributed by atoms with Gasteiger partial charge in [0.05, 0.1) is 5.69 Å². The van der Waals surface area contributed by atoms with Gasteiger partial charge in [0.15, 0.2) is 0 Å². The molecular formula is C14H21BrFN. The van der Waals surface area contributed by atoms with Crippen LogP contribution in [0.15, 0.2) is 22.7 Å². The molecule has 3 heteroatoms. The van der Waals surface area contributed by atoms with Crippen molar-refractivity contribution in [1.29, 1.82) is 0 Å². The van der Waals surface area contributed by atoms with Gasteiger partial charge in [-0.2, -0.15) is 0 Å². The van der Waals surface area contributed by atoms with Gasteiger partial charge in [-0.15, -0.1) is 0 Å². The maximum Gasteiger partial charge on any atom is 0.146 e. The topological polar surface area (TPSA) is 12.0 Å². The first-order valence-corrected chi connectivity index (χ1v) is 7.15. The Morgan fingerprint density at radius 1 is 1.35 bits per heavy atom. The van der Waals surface area contributed by atoms with Crippen LogP contribution < -0.4 is 5.32 Å². The molecule has 1 aromatic carbocycles. The summed E-state index contributed by atoms with van der Waals surface area (Å²) in [5, 5.41) is 3.21. The first kappa shape index (κ1) is 14.5. The molecule has 0 aliphatic rings. The van der Waals surface area contributed by atoms with Gasteiger partial charge in [-0.1, -0.05) is 49.0 Å². The van der Waals surface area contributed by atoms with Crippen LogP contribution in [0.4, 0.5) is 10.1 Å². The molecule has 0 saturated carbocycles. The van der Waals surface area contributed by atoms with E-state index in [-0.39, 0.29) is 5.82 Å². The third-order valence-corrected chi connectivity index (χ3v) is 3.55. The second-order valence-electron chi connectivity index (χ2n) is 4.42. The smallest absolute Gasteiger partial charge is 0.146 e. The molecule has 0 spiro atoms. The average Bonchev–Trinajstić information content (AvgIpc) is 2.33. The number of unbranched alkanes of at least 4 members (excludes halogenated alkanes) is 1. The predicted octanol–water partition coefficient (Wildman–Crippen LogP) is 5.22. The minimum Gasteiger partial charge on any atom is -0.382 e. The fourth-order valence-electron chi connectivity index (χ4n) is 1.83. The van der Waals surface area contributed by atoms with Gasteiger partial charge in [-0.3, -0.25) is 0 Å². The Bertz CT molecular complexity index is 341. The molecule has 0 heterocycles. The van der Waals surface area contributed by atoms with E-state index in [1.54, 1.807) is 12.1 Å². The van der Waals surface area contributed by atoms with Crippen molar-refractivity contribution in [3.8, 4) is 0 Å². The van der Waals surface area contributed by atoms with E-state index in [9.17, 15) is 4.39 Å². The summed E-state index contributed by atoms with van der Waals surface area (Å²) in [5.41, 5.74) is 0.592. The van der Waals surface area contributed by atoms with E-state index < -0.39 is 0 Å². The maximum atomic E-state index is 13.5. The Hall–Kier alpha value is -0.570. The van der Waals surface area contributed by atoms with Gasteiger partial charge >= 0.3 is 0 Å². The largest absolute Gasteiger partial charge is 0.382 e. The van der Waals surface area contributed by atoms with Crippen molar-refractivity contribution in [2.24, 2.45) is 5.92 Å². The summed E-state index contributed by atoms with van der Waals surface area (Å²) in [6.45, 7) is 5.25. The van der Waals surface area contributed by atoms with E-state index in [0.717, 1.165) is 17.4 Å². The molecule has 1 rings (SSSR count). The van der Waals surface area contributed by atoms with Crippen molar-refractivity contribution in [2.45, 2.75) is 39.5 Å². The van der Waals surface area contributed by atoms with E-state index in [1.807, 2.05) is 0 Å². The third kappa shape index (κ3) is 5.07. The monoisotopic (exact) mass is 301 g/mol. The highest BCUT2D eigenvalue weighted by Gasteiger charge is 2.07. The zero-order chi connectivity index (χ0) is 12.7. The van der Waals surface area contributed by atoms with Gasteiger partial charge < -0.3 is 5.32 Å². The molecule has 1 atom stereocenters. The van der Waals surface area contributed by atoms with Gasteiger partial charge in [0, 0.05) is 11.0 Å². The van der Waals surface area contributed by atoms with Crippen molar-refractivity contribution < 1.29 is 4.39 Å². The molecule has 0 saturated heterocycles. The highest BCUT2D eigenvalue weighted by Crippen LogP contribution is 2.21. The number of rotatable bonds is 7. The van der Waals surface area contributed by atoms with E-state index in [0.29, 0.717) is 11.6 Å². The van der Waals surface area contributed by atoms with Gasteiger partial charge in [0.25, 0.3) is 0 Å². The van der Waals surface area contributed by atoms with Crippen molar-refractivity contribution in [3.05, 3.63) is 28.5 Å². The van der Waals surface area contributed by atoms with Crippen LogP contribution in [-0.2, 0) is 0 Å². The number of halogens is 2. The van der Waals surface area contributed by atoms with Crippen LogP contribution in [-0.4, -0.2) is 6.54 Å². The van der Waals surface area contributed by atoms with Crippen LogP contribution in [0, 0.1) is 11.7 Å². The molecule has 1 unspecified atom stereocenters. The number of hydrogen-bond donors (Lipinski definition) is 1. The molecule has 1 N–H and O–H groups in total. The lowest BCUT2D eigenvalue weighted by Crippen LogP contribution is -2.14. The van der Waals surface area contributed by atoms with Crippen LogP contribution in [0.5, 0.6) is 0 Å². The van der Waals surface area contributed by atoms with Crippen LogP contribution in [0.2, 0.25) is 0 Å². The predicted molar refractivity (Wildman–Crippen MR) is 75.9 cm³/mol. The molecule has 0 amide bonds. The van der Waals surface area contributed by atoms with Crippen molar-refractivity contribution in [1.82, 2.24) is 0 Å². The summed E-state index contributed by atoms with van der Waals surface area (Å²) in [6.07, 6.45) is 4.83. The molecule has 0 bridgehead atoms. The average molecular weight is 302 g/mol. The van der Waals surface area contributed by atoms with E-state index >= 15 is 0 Å². The van der Waals surface area contributed by atoms with Gasteiger partial charge in [-0.25, -0.2) is 4.39 Å². The van der Waals surface area contributed by atoms with Crippen LogP contribution in [0.3, 0.4) is 0 Å². The van der Waals surface area contributed by atoms with Crippen molar-refractivity contribution in [3.63, 3.8) is 0 Å². The lowest BCUT2D eigenvalue weighted by atomic mass is 9.99. The molecule has 0 fully saturated rings. The first-order chi connectivity index (χ1) is 8.17. The zero-order valence-corrected chi connectivity index (χ0v) is 12.2. The molecule has 0 aliphatic carbocycles. The Labute approximate surface area is 112 Å². The minimum atomic E-state index is -0.182. The minimum absolute atomic E-state index is 0.182. The Kier molecular flexibility index (Phi) is 6.56. The number of anilines is 1. The van der Waals surface area contributed by atoms with Crippen LogP contribution >= 0.6 is 15.9 Å². The Morgan fingerprint density at radius 3 is 2.76 bits per heavy atom. The maximum absolute atomic E-state index is 13.5. The molecule has 96 valence electrons. The van der Waals surface area contributed by atoms with Crippen molar-refractivity contribution in [2.75, 3.05) is 11.9 Å². The highest BCUT2D eigenvalue weighted by molar-refractivity contribution is 9.10. The van der Waals surface area contributed by atoms with Crippen LogP contribution in [0.1, 0.15) is 39.5 Å². The SMILES string of the molecule is CCCCC(CC)CNc1cc(Br)ccc1F. The number of benzene rings is 1. The van der Waals surface area contributed by atoms with Crippen molar-refractivity contribution >= 4 is 21.6 Å². The van der Waals surface area contributed by atoms with Gasteiger partial charge in [0.2, 0.25) is 0 Å². The summed E-state index contributed by atoms with van der Waals surface area (Å²) >= 11 is 3.36. The molecule has 0 radical (unpaired) electrons. The Morgan fingerprint density at radius 2 is 2.12 bits per heavy atom. The molecule has 0 aromatic heterocycles. The normalized spacial score (nSPS) is 12.5. The van der Waals surface area contributed by atoms with E-state index in [2.05, 4.69) is 35.1 Å². The first-order valence-electron chi connectivity index (χ1n) is 6.36. The molecule has 0 aliphatic heterocycles. The summed E-state index contributed by atoms with van der Waals surface area (Å²) in [6, 6.07) is 5.00. The van der Waals surface area contributed by atoms with Gasteiger partial charge in [-0.05, 0) is 30.5 Å². The second kappa shape index (κ2) is 7.70. The fraction of sp³-hybridized carbons (Fsp3) is 0.571. The highest BCUT2D eigenvalue weighted by atomic mass is 79.9. The van der Waals surface area contributed by atoms with E-state index in [4.69, 9.17) is 0 Å². The fourth-order valence-corrected chi connectivity index (χ4v) is 2.19. The molecule has 17 heavy (non-hydrogen) atoms. The summed E-state index contributed by atoms with van der Waals surface area (Å²) < 4.78 is 14.4. The number of nitrogens with one attached hydrogen (secondary N) is 1. The molecular weight excluding hydrogens is 281 g/mol. The van der Waals surface area contributed by atoms with Crippen LogP contribution in [0.25, 0.3) is 0 Å². The third-order valence-electron chi connectivity index (χ3n) is 3.05. The second-order valence-corrected chi connectivity index (χ2v) is 5.34. The lowest BCUT2D eigenvalue weighted by Gasteiger charge is -2.16. The summed E-state index contributed by atoms with van der Waals surface area (Å²) in [7, 11) is 0.